The van der Waals surface area contributed by atoms with Crippen LogP contribution in [0.15, 0.2) is 53.4 Å². The Hall–Kier alpha value is -3.43. The van der Waals surface area contributed by atoms with Crippen molar-refractivity contribution in [2.24, 2.45) is 23.7 Å². The van der Waals surface area contributed by atoms with E-state index in [2.05, 4.69) is 5.32 Å². The number of fused-ring (bicyclic) bond motifs is 1. The second kappa shape index (κ2) is 8.03. The van der Waals surface area contributed by atoms with Gasteiger partial charge in [0.1, 0.15) is 6.04 Å². The fourth-order valence-electron chi connectivity index (χ4n) is 5.67. The van der Waals surface area contributed by atoms with Gasteiger partial charge in [-0.2, -0.15) is 22.7 Å². The summed E-state index contributed by atoms with van der Waals surface area (Å²) in [6.07, 6.45) is -4.44. The lowest BCUT2D eigenvalue weighted by Crippen LogP contribution is -2.49. The lowest BCUT2D eigenvalue weighted by atomic mass is 10.1. The topological polar surface area (TPSA) is 111 Å². The predicted octanol–water partition coefficient (Wildman–Crippen LogP) is 2.23. The maximum atomic E-state index is 13.4. The van der Waals surface area contributed by atoms with Gasteiger partial charge in [0.2, 0.25) is 15.9 Å². The molecule has 192 valence electrons. The van der Waals surface area contributed by atoms with Gasteiger partial charge in [-0.15, -0.1) is 0 Å². The van der Waals surface area contributed by atoms with E-state index in [0.717, 1.165) is 12.1 Å². The largest absolute Gasteiger partial charge is 0.416 e. The van der Waals surface area contributed by atoms with Crippen LogP contribution in [0, 0.1) is 35.0 Å². The van der Waals surface area contributed by atoms with Crippen molar-refractivity contribution in [3.63, 3.8) is 0 Å². The van der Waals surface area contributed by atoms with Crippen LogP contribution in [0.1, 0.15) is 21.5 Å². The van der Waals surface area contributed by atoms with Crippen LogP contribution in [0.4, 0.5) is 13.2 Å². The second-order valence-electron chi connectivity index (χ2n) is 9.97. The average molecular weight is 531 g/mol. The zero-order valence-corrected chi connectivity index (χ0v) is 20.0. The van der Waals surface area contributed by atoms with Gasteiger partial charge < -0.3 is 10.2 Å². The molecule has 0 radical (unpaired) electrons. The number of amides is 2. The summed E-state index contributed by atoms with van der Waals surface area (Å²) < 4.78 is 65.3. The van der Waals surface area contributed by atoms with E-state index >= 15 is 0 Å². The van der Waals surface area contributed by atoms with Crippen LogP contribution in [0.2, 0.25) is 0 Å². The van der Waals surface area contributed by atoms with Crippen molar-refractivity contribution >= 4 is 21.8 Å². The summed E-state index contributed by atoms with van der Waals surface area (Å²) in [6, 6.07) is 11.5. The molecule has 2 bridgehead atoms. The van der Waals surface area contributed by atoms with E-state index in [9.17, 15) is 31.2 Å². The molecule has 12 heteroatoms. The number of carbonyl (C=O) groups excluding carboxylic acids is 2. The molecule has 1 N–H and O–H groups in total. The van der Waals surface area contributed by atoms with Crippen LogP contribution >= 0.6 is 0 Å². The van der Waals surface area contributed by atoms with E-state index in [4.69, 9.17) is 5.26 Å². The molecular weight excluding hydrogens is 509 g/mol. The van der Waals surface area contributed by atoms with E-state index < -0.39 is 33.7 Å². The van der Waals surface area contributed by atoms with E-state index in [0.29, 0.717) is 5.56 Å². The summed E-state index contributed by atoms with van der Waals surface area (Å²) in [5.41, 5.74) is -0.117. The van der Waals surface area contributed by atoms with E-state index in [-0.39, 0.29) is 65.7 Å². The third kappa shape index (κ3) is 3.79. The number of benzene rings is 2. The third-order valence-electron chi connectivity index (χ3n) is 7.83. The van der Waals surface area contributed by atoms with Crippen molar-refractivity contribution in [3.05, 3.63) is 65.2 Å². The number of nitriles is 1. The number of hydrogen-bond acceptors (Lipinski definition) is 5. The van der Waals surface area contributed by atoms with Gasteiger partial charge in [-0.3, -0.25) is 9.59 Å². The van der Waals surface area contributed by atoms with Crippen LogP contribution < -0.4 is 5.32 Å². The first-order valence-electron chi connectivity index (χ1n) is 11.8. The van der Waals surface area contributed by atoms with Gasteiger partial charge in [0.05, 0.1) is 22.4 Å². The highest BCUT2D eigenvalue weighted by atomic mass is 32.2. The Morgan fingerprint density at radius 2 is 1.73 bits per heavy atom. The molecule has 37 heavy (non-hydrogen) atoms. The standard InChI is InChI=1S/C25H21F3N4O4S/c26-25(27,28)16-6-4-13(5-7-16)10-30-23(33)22-20-18-19(20)21(18)32(22)24(34)15-2-1-3-17(8-15)37(35,36)31-11-14(9-29)12-31/h1-8,14,18-22H,10-12H2,(H,30,33)/t18-,19?,20-,21?,22+/m0/s1. The number of rotatable bonds is 6. The molecule has 2 aliphatic carbocycles. The van der Waals surface area contributed by atoms with Crippen molar-refractivity contribution in [2.45, 2.75) is 29.7 Å². The lowest BCUT2D eigenvalue weighted by Gasteiger charge is -2.34. The van der Waals surface area contributed by atoms with Crippen molar-refractivity contribution in [1.29, 1.82) is 5.26 Å². The summed E-state index contributed by atoms with van der Waals surface area (Å²) in [5, 5.41) is 11.7. The Morgan fingerprint density at radius 3 is 2.35 bits per heavy atom. The zero-order valence-electron chi connectivity index (χ0n) is 19.2. The summed E-state index contributed by atoms with van der Waals surface area (Å²) >= 11 is 0. The summed E-state index contributed by atoms with van der Waals surface area (Å²) in [6.45, 7) is 0.240. The number of hydrogen-bond donors (Lipinski definition) is 1. The molecule has 2 unspecified atom stereocenters. The Bertz CT molecular complexity index is 1440. The number of halogens is 3. The Kier molecular flexibility index (Phi) is 5.20. The zero-order chi connectivity index (χ0) is 26.3. The maximum absolute atomic E-state index is 13.4. The molecule has 5 atom stereocenters. The number of carbonyl (C=O) groups is 2. The molecule has 2 aromatic carbocycles. The normalized spacial score (nSPS) is 28.2. The molecule has 2 amide bonds. The highest BCUT2D eigenvalue weighted by Crippen LogP contribution is 2.78. The van der Waals surface area contributed by atoms with Gasteiger partial charge in [-0.05, 0) is 53.6 Å². The SMILES string of the molecule is N#CC1CN(S(=O)(=O)c2cccc(C(=O)N3C4C5[C@H]4[C@@H]5[C@@H]3C(=O)NCc3ccc(C(F)(F)F)cc3)c2)C1. The Balaban J connectivity index is 1.15. The fraction of sp³-hybridized carbons (Fsp3) is 0.400. The van der Waals surface area contributed by atoms with Crippen LogP contribution in [0.3, 0.4) is 0 Å². The molecule has 2 aromatic rings. The smallest absolute Gasteiger partial charge is 0.350 e. The summed E-state index contributed by atoms with van der Waals surface area (Å²) in [5.74, 6) is -0.568. The average Bonchev–Trinajstić information content (AvgIpc) is 3.67. The molecule has 8 nitrogen and oxygen atoms in total. The quantitative estimate of drug-likeness (QED) is 0.616. The van der Waals surface area contributed by atoms with Gasteiger partial charge in [-0.1, -0.05) is 18.2 Å². The number of nitrogens with one attached hydrogen (secondary N) is 1. The molecule has 2 saturated carbocycles. The predicted molar refractivity (Wildman–Crippen MR) is 122 cm³/mol. The summed E-state index contributed by atoms with van der Waals surface area (Å²) in [4.78, 5) is 28.0. The van der Waals surface area contributed by atoms with Crippen LogP contribution in [-0.4, -0.2) is 54.6 Å². The van der Waals surface area contributed by atoms with Crippen LogP contribution in [0.5, 0.6) is 0 Å². The number of piperidine rings is 1. The Labute approximate surface area is 210 Å². The van der Waals surface area contributed by atoms with Crippen molar-refractivity contribution in [3.8, 4) is 6.07 Å². The maximum Gasteiger partial charge on any atom is 0.416 e. The third-order valence-corrected chi connectivity index (χ3v) is 9.65. The van der Waals surface area contributed by atoms with Gasteiger partial charge in [0.25, 0.3) is 5.91 Å². The monoisotopic (exact) mass is 530 g/mol. The molecule has 3 heterocycles. The molecule has 0 spiro atoms. The van der Waals surface area contributed by atoms with Crippen molar-refractivity contribution < 1.29 is 31.2 Å². The van der Waals surface area contributed by atoms with Gasteiger partial charge >= 0.3 is 6.18 Å². The minimum Gasteiger partial charge on any atom is -0.350 e. The van der Waals surface area contributed by atoms with Crippen LogP contribution in [-0.2, 0) is 27.5 Å². The first kappa shape index (κ1) is 23.9. The molecule has 7 rings (SSSR count). The molecule has 0 aromatic heterocycles. The minimum atomic E-state index is -4.44. The number of alkyl halides is 3. The fourth-order valence-corrected chi connectivity index (χ4v) is 7.25. The molecule has 5 fully saturated rings. The number of sulfonamides is 1. The first-order valence-corrected chi connectivity index (χ1v) is 13.2. The summed E-state index contributed by atoms with van der Waals surface area (Å²) in [7, 11) is -3.84. The number of nitrogens with zero attached hydrogens (tertiary/aromatic N) is 3. The lowest BCUT2D eigenvalue weighted by molar-refractivity contribution is -0.137. The first-order chi connectivity index (χ1) is 17.5. The van der Waals surface area contributed by atoms with Gasteiger partial charge in [0, 0.05) is 31.2 Å². The van der Waals surface area contributed by atoms with Crippen molar-refractivity contribution in [2.75, 3.05) is 13.1 Å². The Morgan fingerprint density at radius 1 is 1.05 bits per heavy atom. The van der Waals surface area contributed by atoms with Crippen molar-refractivity contribution in [1.82, 2.24) is 14.5 Å². The van der Waals surface area contributed by atoms with Crippen LogP contribution in [0.25, 0.3) is 0 Å². The molecular formula is C25H21F3N4O4S. The van der Waals surface area contributed by atoms with E-state index in [1.54, 1.807) is 0 Å². The minimum absolute atomic E-state index is 0.0233. The highest BCUT2D eigenvalue weighted by Gasteiger charge is 2.86. The highest BCUT2D eigenvalue weighted by molar-refractivity contribution is 7.89. The van der Waals surface area contributed by atoms with Gasteiger partial charge in [-0.25, -0.2) is 8.42 Å². The van der Waals surface area contributed by atoms with Gasteiger partial charge in [0.15, 0.2) is 0 Å². The molecule has 3 saturated heterocycles. The second-order valence-corrected chi connectivity index (χ2v) is 11.9. The van der Waals surface area contributed by atoms with E-state index in [1.165, 1.54) is 45.6 Å². The molecule has 5 aliphatic rings. The van der Waals surface area contributed by atoms with E-state index in [1.807, 2.05) is 6.07 Å². The molecule has 3 aliphatic heterocycles.